The maximum Gasteiger partial charge on any atom is 0.307 e. The summed E-state index contributed by atoms with van der Waals surface area (Å²) < 4.78 is 37.1. The number of hydrogen-bond acceptors (Lipinski definition) is 4. The number of carboxylic acid groups (broad SMARTS) is 2. The molecule has 0 spiro atoms. The Morgan fingerprint density at radius 2 is 1.19 bits per heavy atom. The largest absolute Gasteiger partial charge is 0.491 e. The molecule has 2 aliphatic carbocycles. The van der Waals surface area contributed by atoms with Crippen LogP contribution in [0.3, 0.4) is 0 Å². The Morgan fingerprint density at radius 1 is 0.812 bits per heavy atom. The highest BCUT2D eigenvalue weighted by molar-refractivity contribution is 5.75. The van der Waals surface area contributed by atoms with Gasteiger partial charge in [0.05, 0.1) is 25.0 Å². The lowest BCUT2D eigenvalue weighted by Crippen LogP contribution is -2.00. The Morgan fingerprint density at radius 3 is 1.44 bits per heavy atom. The molecule has 2 aromatic rings. The Bertz CT molecular complexity index is 913. The van der Waals surface area contributed by atoms with Crippen molar-refractivity contribution in [1.29, 1.82) is 0 Å². The van der Waals surface area contributed by atoms with Crippen LogP contribution >= 0.6 is 0 Å². The topological polar surface area (TPSA) is 93.1 Å². The number of aliphatic carboxylic acids is 2. The van der Waals surface area contributed by atoms with Gasteiger partial charge in [0.2, 0.25) is 0 Å². The zero-order valence-electron chi connectivity index (χ0n) is 17.9. The first-order valence-corrected chi connectivity index (χ1v) is 10.6. The van der Waals surface area contributed by atoms with Crippen molar-refractivity contribution in [3.63, 3.8) is 0 Å². The van der Waals surface area contributed by atoms with Crippen molar-refractivity contribution in [3.05, 3.63) is 59.2 Å². The fourth-order valence-corrected chi connectivity index (χ4v) is 3.71. The highest BCUT2D eigenvalue weighted by Crippen LogP contribution is 2.48. The molecule has 4 rings (SSSR count). The van der Waals surface area contributed by atoms with E-state index in [4.69, 9.17) is 19.7 Å². The molecule has 32 heavy (non-hydrogen) atoms. The van der Waals surface area contributed by atoms with E-state index in [0.29, 0.717) is 26.1 Å². The zero-order chi connectivity index (χ0) is 23.4. The molecule has 2 aliphatic rings. The monoisotopic (exact) mass is 448 g/mol. The van der Waals surface area contributed by atoms with E-state index >= 15 is 0 Å². The van der Waals surface area contributed by atoms with Gasteiger partial charge in [-0.1, -0.05) is 12.1 Å². The van der Waals surface area contributed by atoms with Crippen molar-refractivity contribution >= 4 is 11.9 Å². The van der Waals surface area contributed by atoms with Gasteiger partial charge in [-0.15, -0.1) is 0 Å². The van der Waals surface area contributed by atoms with Gasteiger partial charge in [0.15, 0.2) is 23.1 Å². The molecule has 0 bridgehead atoms. The van der Waals surface area contributed by atoms with Gasteiger partial charge in [0, 0.05) is 0 Å². The standard InChI is InChI=1S/2C12H13FO3/c2*1-2-16-11-4-3-7(5-10(11)13)8-6-9(8)12(14)15/h2*3-5,8-9H,2,6H2,1H3,(H,14,15)/t2*8-,9+/m10/s1. The molecule has 0 aliphatic heterocycles. The van der Waals surface area contributed by atoms with Crippen LogP contribution in [-0.2, 0) is 9.59 Å². The summed E-state index contributed by atoms with van der Waals surface area (Å²) in [7, 11) is 0. The molecule has 0 radical (unpaired) electrons. The normalized spacial score (nSPS) is 22.9. The zero-order valence-corrected chi connectivity index (χ0v) is 17.9. The fraction of sp³-hybridized carbons (Fsp3) is 0.417. The van der Waals surface area contributed by atoms with Crippen LogP contribution in [0, 0.1) is 23.5 Å². The van der Waals surface area contributed by atoms with Crippen LogP contribution in [0.5, 0.6) is 11.5 Å². The van der Waals surface area contributed by atoms with E-state index in [0.717, 1.165) is 11.1 Å². The third-order valence-electron chi connectivity index (χ3n) is 5.58. The van der Waals surface area contributed by atoms with Crippen LogP contribution in [0.1, 0.15) is 49.7 Å². The van der Waals surface area contributed by atoms with E-state index in [1.54, 1.807) is 38.1 Å². The lowest BCUT2D eigenvalue weighted by molar-refractivity contribution is -0.139. The molecule has 2 N–H and O–H groups in total. The van der Waals surface area contributed by atoms with Gasteiger partial charge in [-0.2, -0.15) is 0 Å². The molecule has 8 heteroatoms. The van der Waals surface area contributed by atoms with E-state index in [1.165, 1.54) is 12.1 Å². The number of carbonyl (C=O) groups is 2. The Hall–Kier alpha value is -3.16. The van der Waals surface area contributed by atoms with Crippen LogP contribution in [0.25, 0.3) is 0 Å². The highest BCUT2D eigenvalue weighted by Gasteiger charge is 2.45. The fourth-order valence-electron chi connectivity index (χ4n) is 3.71. The van der Waals surface area contributed by atoms with Gasteiger partial charge in [0.25, 0.3) is 0 Å². The minimum atomic E-state index is -0.806. The second-order valence-corrected chi connectivity index (χ2v) is 7.82. The first kappa shape index (κ1) is 23.5. The number of carboxylic acids is 2. The predicted octanol–water partition coefficient (Wildman–Crippen LogP) is 4.83. The third-order valence-corrected chi connectivity index (χ3v) is 5.58. The molecule has 6 nitrogen and oxygen atoms in total. The van der Waals surface area contributed by atoms with Crippen molar-refractivity contribution in [2.24, 2.45) is 11.8 Å². The van der Waals surface area contributed by atoms with Gasteiger partial charge in [0.1, 0.15) is 0 Å². The van der Waals surface area contributed by atoms with Crippen LogP contribution in [0.4, 0.5) is 8.78 Å². The Balaban J connectivity index is 0.000000181. The molecule has 2 fully saturated rings. The van der Waals surface area contributed by atoms with E-state index in [2.05, 4.69) is 0 Å². The maximum atomic E-state index is 13.5. The first-order chi connectivity index (χ1) is 15.3. The minimum absolute atomic E-state index is 0.0392. The molecule has 0 saturated heterocycles. The molecule has 0 unspecified atom stereocenters. The first-order valence-electron chi connectivity index (χ1n) is 10.6. The third kappa shape index (κ3) is 5.55. The van der Waals surface area contributed by atoms with Crippen LogP contribution in [0.2, 0.25) is 0 Å². The summed E-state index contributed by atoms with van der Waals surface area (Å²) in [5.74, 6) is -2.79. The number of ether oxygens (including phenoxy) is 2. The minimum Gasteiger partial charge on any atom is -0.491 e. The summed E-state index contributed by atoms with van der Waals surface area (Å²) in [6.07, 6.45) is 1.20. The molecule has 0 aromatic heterocycles. The van der Waals surface area contributed by atoms with Gasteiger partial charge >= 0.3 is 11.9 Å². The van der Waals surface area contributed by atoms with Crippen LogP contribution in [-0.4, -0.2) is 35.4 Å². The Kier molecular flexibility index (Phi) is 7.33. The highest BCUT2D eigenvalue weighted by atomic mass is 19.1. The summed E-state index contributed by atoms with van der Waals surface area (Å²) in [4.78, 5) is 21.4. The molecule has 2 aromatic carbocycles. The molecule has 2 saturated carbocycles. The van der Waals surface area contributed by atoms with Gasteiger partial charge in [-0.3, -0.25) is 9.59 Å². The van der Waals surface area contributed by atoms with E-state index in [9.17, 15) is 18.4 Å². The SMILES string of the molecule is CCOc1ccc([C@@H]2C[C@H]2C(=O)O)cc1F.CCOc1ccc([C@H]2C[C@@H]2C(=O)O)cc1F. The van der Waals surface area contributed by atoms with Gasteiger partial charge in [-0.25, -0.2) is 8.78 Å². The molecule has 0 heterocycles. The van der Waals surface area contributed by atoms with Crippen LogP contribution < -0.4 is 9.47 Å². The van der Waals surface area contributed by atoms with Crippen molar-refractivity contribution in [2.75, 3.05) is 13.2 Å². The smallest absolute Gasteiger partial charge is 0.307 e. The van der Waals surface area contributed by atoms with E-state index < -0.39 is 23.6 Å². The van der Waals surface area contributed by atoms with Crippen molar-refractivity contribution in [3.8, 4) is 11.5 Å². The summed E-state index contributed by atoms with van der Waals surface area (Å²) >= 11 is 0. The van der Waals surface area contributed by atoms with Crippen molar-refractivity contribution in [2.45, 2.75) is 38.5 Å². The Labute approximate surface area is 184 Å². The van der Waals surface area contributed by atoms with Gasteiger partial charge < -0.3 is 19.7 Å². The molecule has 172 valence electrons. The number of benzene rings is 2. The van der Waals surface area contributed by atoms with Gasteiger partial charge in [-0.05, 0) is 73.9 Å². The number of rotatable bonds is 8. The predicted molar refractivity (Wildman–Crippen MR) is 112 cm³/mol. The van der Waals surface area contributed by atoms with Crippen molar-refractivity contribution in [1.82, 2.24) is 0 Å². The number of halogens is 2. The lowest BCUT2D eigenvalue weighted by Gasteiger charge is -2.06. The lowest BCUT2D eigenvalue weighted by atomic mass is 10.1. The van der Waals surface area contributed by atoms with Crippen molar-refractivity contribution < 1.29 is 38.1 Å². The second kappa shape index (κ2) is 9.97. The maximum absolute atomic E-state index is 13.5. The molecular weight excluding hydrogens is 422 g/mol. The molecule has 0 amide bonds. The van der Waals surface area contributed by atoms with Crippen LogP contribution in [0.15, 0.2) is 36.4 Å². The average Bonchev–Trinajstić information content (AvgIpc) is 3.64. The van der Waals surface area contributed by atoms with E-state index in [1.807, 2.05) is 0 Å². The summed E-state index contributed by atoms with van der Waals surface area (Å²) in [5.41, 5.74) is 1.49. The van der Waals surface area contributed by atoms with E-state index in [-0.39, 0.29) is 35.2 Å². The average molecular weight is 448 g/mol. The second-order valence-electron chi connectivity index (χ2n) is 7.82. The summed E-state index contributed by atoms with van der Waals surface area (Å²) in [5, 5.41) is 17.5. The molecular formula is C24H26F2O6. The quantitative estimate of drug-likeness (QED) is 0.601. The summed E-state index contributed by atoms with van der Waals surface area (Å²) in [6, 6.07) is 9.34. The number of hydrogen-bond donors (Lipinski definition) is 2. The molecule has 4 atom stereocenters. The summed E-state index contributed by atoms with van der Waals surface area (Å²) in [6.45, 7) is 4.40.